The number of alkyl halides is 3. The van der Waals surface area contributed by atoms with Gasteiger partial charge in [0, 0.05) is 25.5 Å². The van der Waals surface area contributed by atoms with E-state index < -0.39 is 17.6 Å². The van der Waals surface area contributed by atoms with E-state index in [2.05, 4.69) is 10.6 Å². The van der Waals surface area contributed by atoms with E-state index in [1.807, 2.05) is 0 Å². The predicted molar refractivity (Wildman–Crippen MR) is 90.4 cm³/mol. The van der Waals surface area contributed by atoms with Crippen molar-refractivity contribution in [2.45, 2.75) is 31.9 Å². The van der Waals surface area contributed by atoms with Gasteiger partial charge < -0.3 is 15.4 Å². The molecule has 0 aromatic heterocycles. The molecule has 0 saturated heterocycles. The minimum absolute atomic E-state index is 0.0664. The zero-order valence-electron chi connectivity index (χ0n) is 14.6. The van der Waals surface area contributed by atoms with Gasteiger partial charge in [0.05, 0.1) is 17.9 Å². The van der Waals surface area contributed by atoms with Crippen LogP contribution in [-0.2, 0) is 20.5 Å². The van der Waals surface area contributed by atoms with Gasteiger partial charge in [-0.2, -0.15) is 13.2 Å². The Morgan fingerprint density at radius 1 is 1.08 bits per heavy atom. The number of halogens is 3. The van der Waals surface area contributed by atoms with Gasteiger partial charge in [0.25, 0.3) is 0 Å². The lowest BCUT2D eigenvalue weighted by Crippen LogP contribution is -2.36. The Labute approximate surface area is 150 Å². The summed E-state index contributed by atoms with van der Waals surface area (Å²) in [5, 5.41) is 5.17. The molecule has 1 aromatic carbocycles. The van der Waals surface area contributed by atoms with Crippen molar-refractivity contribution in [1.82, 2.24) is 5.32 Å². The first kappa shape index (κ1) is 20.2. The van der Waals surface area contributed by atoms with E-state index in [1.54, 1.807) is 7.11 Å². The molecule has 0 bridgehead atoms. The zero-order valence-corrected chi connectivity index (χ0v) is 14.6. The number of amides is 2. The summed E-state index contributed by atoms with van der Waals surface area (Å²) in [5.74, 6) is -1.05. The number of methoxy groups -OCH3 is 1. The van der Waals surface area contributed by atoms with Crippen molar-refractivity contribution in [3.8, 4) is 0 Å². The van der Waals surface area contributed by atoms with Crippen LogP contribution in [0, 0.1) is 11.8 Å². The van der Waals surface area contributed by atoms with Gasteiger partial charge >= 0.3 is 6.18 Å². The Morgan fingerprint density at radius 2 is 1.65 bits per heavy atom. The van der Waals surface area contributed by atoms with Crippen LogP contribution in [0.5, 0.6) is 0 Å². The van der Waals surface area contributed by atoms with E-state index >= 15 is 0 Å². The van der Waals surface area contributed by atoms with Crippen molar-refractivity contribution < 1.29 is 27.5 Å². The van der Waals surface area contributed by atoms with Crippen molar-refractivity contribution in [3.63, 3.8) is 0 Å². The molecule has 26 heavy (non-hydrogen) atoms. The number of rotatable bonds is 6. The van der Waals surface area contributed by atoms with Crippen molar-refractivity contribution in [1.29, 1.82) is 0 Å². The van der Waals surface area contributed by atoms with E-state index in [9.17, 15) is 22.8 Å². The van der Waals surface area contributed by atoms with Crippen molar-refractivity contribution in [2.75, 3.05) is 25.6 Å². The number of para-hydroxylation sites is 1. The maximum atomic E-state index is 13.0. The second-order valence-electron chi connectivity index (χ2n) is 6.36. The molecule has 0 atom stereocenters. The summed E-state index contributed by atoms with van der Waals surface area (Å²) < 4.78 is 43.9. The van der Waals surface area contributed by atoms with Gasteiger partial charge in [-0.1, -0.05) is 12.1 Å². The fraction of sp³-hybridized carbons (Fsp3) is 0.556. The van der Waals surface area contributed by atoms with Gasteiger partial charge in [0.15, 0.2) is 0 Å². The lowest BCUT2D eigenvalue weighted by atomic mass is 9.81. The van der Waals surface area contributed by atoms with Crippen LogP contribution in [-0.4, -0.2) is 32.1 Å². The molecule has 2 N–H and O–H groups in total. The third-order valence-corrected chi connectivity index (χ3v) is 4.56. The van der Waals surface area contributed by atoms with Crippen LogP contribution >= 0.6 is 0 Å². The van der Waals surface area contributed by atoms with Crippen LogP contribution in [0.3, 0.4) is 0 Å². The predicted octanol–water partition coefficient (Wildman–Crippen LogP) is 3.21. The molecule has 1 aromatic rings. The highest BCUT2D eigenvalue weighted by Crippen LogP contribution is 2.35. The number of benzene rings is 1. The minimum Gasteiger partial charge on any atom is -0.383 e. The second-order valence-corrected chi connectivity index (χ2v) is 6.36. The Morgan fingerprint density at radius 3 is 2.23 bits per heavy atom. The number of hydrogen-bond acceptors (Lipinski definition) is 3. The first-order valence-electron chi connectivity index (χ1n) is 8.56. The second kappa shape index (κ2) is 9.02. The quantitative estimate of drug-likeness (QED) is 0.754. The third-order valence-electron chi connectivity index (χ3n) is 4.56. The van der Waals surface area contributed by atoms with Crippen LogP contribution in [0.25, 0.3) is 0 Å². The largest absolute Gasteiger partial charge is 0.418 e. The molecule has 0 aliphatic heterocycles. The summed E-state index contributed by atoms with van der Waals surface area (Å²) in [7, 11) is 1.55. The molecule has 0 unspecified atom stereocenters. The van der Waals surface area contributed by atoms with E-state index in [0.717, 1.165) is 6.07 Å². The molecule has 1 fully saturated rings. The Bertz CT molecular complexity index is 626. The fourth-order valence-electron chi connectivity index (χ4n) is 3.11. The van der Waals surface area contributed by atoms with Gasteiger partial charge in [0.1, 0.15) is 0 Å². The number of hydrogen-bond donors (Lipinski definition) is 2. The number of carbonyl (C=O) groups excluding carboxylic acids is 2. The maximum absolute atomic E-state index is 13.0. The summed E-state index contributed by atoms with van der Waals surface area (Å²) in [6, 6.07) is 4.92. The molecule has 5 nitrogen and oxygen atoms in total. The van der Waals surface area contributed by atoms with Gasteiger partial charge in [-0.05, 0) is 37.8 Å². The van der Waals surface area contributed by atoms with E-state index in [0.29, 0.717) is 38.8 Å². The van der Waals surface area contributed by atoms with Crippen molar-refractivity contribution >= 4 is 17.5 Å². The highest BCUT2D eigenvalue weighted by molar-refractivity contribution is 5.93. The molecule has 0 spiro atoms. The van der Waals surface area contributed by atoms with Crippen LogP contribution in [0.2, 0.25) is 0 Å². The molecular weight excluding hydrogens is 349 g/mol. The lowest BCUT2D eigenvalue weighted by Gasteiger charge is -2.27. The minimum atomic E-state index is -4.53. The average Bonchev–Trinajstić information content (AvgIpc) is 2.61. The molecule has 144 valence electrons. The van der Waals surface area contributed by atoms with E-state index in [1.165, 1.54) is 18.2 Å². The molecule has 1 aliphatic rings. The topological polar surface area (TPSA) is 67.4 Å². The highest BCUT2D eigenvalue weighted by atomic mass is 19.4. The van der Waals surface area contributed by atoms with Gasteiger partial charge in [0.2, 0.25) is 11.8 Å². The summed E-state index contributed by atoms with van der Waals surface area (Å²) in [6.45, 7) is 0.867. The van der Waals surface area contributed by atoms with Gasteiger partial charge in [-0.3, -0.25) is 9.59 Å². The van der Waals surface area contributed by atoms with Crippen molar-refractivity contribution in [3.05, 3.63) is 29.8 Å². The maximum Gasteiger partial charge on any atom is 0.418 e. The Hall–Kier alpha value is -2.09. The molecular formula is C18H23F3N2O3. The van der Waals surface area contributed by atoms with E-state index in [4.69, 9.17) is 4.74 Å². The average molecular weight is 372 g/mol. The summed E-state index contributed by atoms with van der Waals surface area (Å²) in [5.41, 5.74) is -1.09. The number of carbonyl (C=O) groups is 2. The van der Waals surface area contributed by atoms with Gasteiger partial charge in [-0.25, -0.2) is 0 Å². The summed E-state index contributed by atoms with van der Waals surface area (Å²) >= 11 is 0. The van der Waals surface area contributed by atoms with Crippen molar-refractivity contribution in [2.24, 2.45) is 11.8 Å². The first-order chi connectivity index (χ1) is 12.3. The molecule has 0 radical (unpaired) electrons. The molecule has 1 aliphatic carbocycles. The molecule has 1 saturated carbocycles. The van der Waals surface area contributed by atoms with Gasteiger partial charge in [-0.15, -0.1) is 0 Å². The SMILES string of the molecule is COCCNC(=O)C1CCC(C(=O)Nc2ccccc2C(F)(F)F)CC1. The van der Waals surface area contributed by atoms with Crippen LogP contribution in [0.4, 0.5) is 18.9 Å². The number of ether oxygens (including phenoxy) is 1. The normalized spacial score (nSPS) is 20.5. The first-order valence-corrected chi connectivity index (χ1v) is 8.56. The molecule has 2 rings (SSSR count). The standard InChI is InChI=1S/C18H23F3N2O3/c1-26-11-10-22-16(24)12-6-8-13(9-7-12)17(25)23-15-5-3-2-4-14(15)18(19,20)21/h2-5,12-13H,6-11H2,1H3,(H,22,24)(H,23,25). The van der Waals surface area contributed by atoms with Crippen LogP contribution in [0.15, 0.2) is 24.3 Å². The monoisotopic (exact) mass is 372 g/mol. The number of anilines is 1. The Balaban J connectivity index is 1.89. The zero-order chi connectivity index (χ0) is 19.2. The lowest BCUT2D eigenvalue weighted by molar-refractivity contribution is -0.137. The summed E-state index contributed by atoms with van der Waals surface area (Å²) in [6.07, 6.45) is -2.50. The third kappa shape index (κ3) is 5.45. The Kier molecular flexibility index (Phi) is 7.02. The molecule has 2 amide bonds. The fourth-order valence-corrected chi connectivity index (χ4v) is 3.11. The highest BCUT2D eigenvalue weighted by Gasteiger charge is 2.35. The smallest absolute Gasteiger partial charge is 0.383 e. The molecule has 8 heteroatoms. The van der Waals surface area contributed by atoms with E-state index in [-0.39, 0.29) is 23.4 Å². The number of nitrogens with one attached hydrogen (secondary N) is 2. The summed E-state index contributed by atoms with van der Waals surface area (Å²) in [4.78, 5) is 24.3. The molecule has 0 heterocycles. The van der Waals surface area contributed by atoms with Crippen LogP contribution in [0.1, 0.15) is 31.2 Å². The van der Waals surface area contributed by atoms with Crippen LogP contribution < -0.4 is 10.6 Å².